The molecule has 0 radical (unpaired) electrons. The Kier molecular flexibility index (Phi) is 4.73. The minimum Gasteiger partial charge on any atom is -0.497 e. The smallest absolute Gasteiger partial charge is 0.329 e. The van der Waals surface area contributed by atoms with E-state index in [0.717, 1.165) is 16.6 Å². The van der Waals surface area contributed by atoms with Gasteiger partial charge in [0.25, 0.3) is 5.91 Å². The average molecular weight is 409 g/mol. The number of amides is 3. The zero-order valence-electron chi connectivity index (χ0n) is 17.5. The number of carbonyl (C=O) groups is 2. The Morgan fingerprint density at radius 2 is 1.77 bits per heavy atom. The number of nitrogens with one attached hydrogen (secondary N) is 1. The van der Waals surface area contributed by atoms with Crippen LogP contribution in [-0.2, 0) is 13.6 Å². The minimum atomic E-state index is -0.209. The second-order valence-electron chi connectivity index (χ2n) is 7.04. The summed E-state index contributed by atoms with van der Waals surface area (Å²) < 4.78 is 12.4. The van der Waals surface area contributed by atoms with Gasteiger partial charge in [-0.2, -0.15) is 0 Å². The van der Waals surface area contributed by atoms with Crippen molar-refractivity contribution >= 4 is 34.3 Å². The number of aromatic nitrogens is 2. The van der Waals surface area contributed by atoms with Gasteiger partial charge in [0.2, 0.25) is 0 Å². The SMILES string of the molecule is CNC(=O)c1cc2c3c(cnc2n1C)CN(c1cc(OC)cc(OC)c1)C(=O)N3C. The summed E-state index contributed by atoms with van der Waals surface area (Å²) >= 11 is 0. The lowest BCUT2D eigenvalue weighted by atomic mass is 10.1. The molecule has 3 heterocycles. The number of benzene rings is 1. The Hall–Kier alpha value is -3.75. The molecule has 2 aromatic heterocycles. The van der Waals surface area contributed by atoms with Crippen LogP contribution in [0.5, 0.6) is 11.5 Å². The van der Waals surface area contributed by atoms with Gasteiger partial charge in [0, 0.05) is 56.5 Å². The summed E-state index contributed by atoms with van der Waals surface area (Å²) in [6.45, 7) is 0.335. The highest BCUT2D eigenvalue weighted by atomic mass is 16.5. The van der Waals surface area contributed by atoms with Gasteiger partial charge in [0.1, 0.15) is 22.8 Å². The van der Waals surface area contributed by atoms with Crippen molar-refractivity contribution in [3.63, 3.8) is 0 Å². The highest BCUT2D eigenvalue weighted by molar-refractivity contribution is 6.12. The number of fused-ring (bicyclic) bond motifs is 3. The Bertz CT molecular complexity index is 1150. The van der Waals surface area contributed by atoms with Crippen LogP contribution in [0.3, 0.4) is 0 Å². The van der Waals surface area contributed by atoms with Crippen molar-refractivity contribution in [2.75, 3.05) is 38.1 Å². The molecule has 0 bridgehead atoms. The van der Waals surface area contributed by atoms with Crippen LogP contribution >= 0.6 is 0 Å². The van der Waals surface area contributed by atoms with Crippen molar-refractivity contribution in [1.29, 1.82) is 0 Å². The molecule has 9 nitrogen and oxygen atoms in total. The molecule has 4 rings (SSSR count). The van der Waals surface area contributed by atoms with Crippen LogP contribution in [0.1, 0.15) is 16.1 Å². The summed E-state index contributed by atoms with van der Waals surface area (Å²) in [6.07, 6.45) is 1.75. The van der Waals surface area contributed by atoms with E-state index in [1.165, 1.54) is 0 Å². The number of urea groups is 1. The number of hydrogen-bond donors (Lipinski definition) is 1. The first kappa shape index (κ1) is 19.6. The molecule has 9 heteroatoms. The molecule has 1 aliphatic heterocycles. The predicted octanol–water partition coefficient (Wildman–Crippen LogP) is 2.53. The third kappa shape index (κ3) is 2.90. The third-order valence-electron chi connectivity index (χ3n) is 5.39. The standard InChI is InChI=1S/C21H23N5O4/c1-22-20(27)17-9-16-18-12(10-23-19(16)24(17)2)11-26(21(28)25(18)3)13-6-14(29-4)8-15(7-13)30-5/h6-10H,11H2,1-5H3,(H,22,27). The molecule has 0 unspecified atom stereocenters. The zero-order valence-corrected chi connectivity index (χ0v) is 17.5. The van der Waals surface area contributed by atoms with Crippen LogP contribution in [0.2, 0.25) is 0 Å². The van der Waals surface area contributed by atoms with Gasteiger partial charge in [-0.1, -0.05) is 0 Å². The monoisotopic (exact) mass is 409 g/mol. The van der Waals surface area contributed by atoms with Crippen LogP contribution < -0.4 is 24.6 Å². The summed E-state index contributed by atoms with van der Waals surface area (Å²) in [5.41, 5.74) is 3.41. The minimum absolute atomic E-state index is 0.198. The molecule has 0 aliphatic carbocycles. The van der Waals surface area contributed by atoms with Gasteiger partial charge in [0.15, 0.2) is 0 Å². The molecule has 0 spiro atoms. The molecule has 1 aliphatic rings. The van der Waals surface area contributed by atoms with Crippen molar-refractivity contribution in [3.05, 3.63) is 41.7 Å². The quantitative estimate of drug-likeness (QED) is 0.715. The predicted molar refractivity (Wildman–Crippen MR) is 114 cm³/mol. The van der Waals surface area contributed by atoms with E-state index in [1.807, 2.05) is 0 Å². The van der Waals surface area contributed by atoms with Gasteiger partial charge in [-0.15, -0.1) is 0 Å². The van der Waals surface area contributed by atoms with Crippen molar-refractivity contribution in [2.45, 2.75) is 6.54 Å². The van der Waals surface area contributed by atoms with Gasteiger partial charge >= 0.3 is 6.03 Å². The molecule has 0 saturated carbocycles. The lowest BCUT2D eigenvalue weighted by molar-refractivity contribution is 0.0955. The number of ether oxygens (including phenoxy) is 2. The van der Waals surface area contributed by atoms with Crippen LogP contribution in [-0.4, -0.2) is 49.8 Å². The van der Waals surface area contributed by atoms with Gasteiger partial charge in [-0.25, -0.2) is 9.78 Å². The molecule has 1 N–H and O–H groups in total. The second kappa shape index (κ2) is 7.25. The molecule has 3 aromatic rings. The maximum atomic E-state index is 13.3. The molecule has 0 saturated heterocycles. The second-order valence-corrected chi connectivity index (χ2v) is 7.04. The normalized spacial score (nSPS) is 13.4. The van der Waals surface area contributed by atoms with Gasteiger partial charge in [0.05, 0.1) is 32.1 Å². The fourth-order valence-electron chi connectivity index (χ4n) is 3.82. The van der Waals surface area contributed by atoms with Gasteiger partial charge < -0.3 is 19.4 Å². The lowest BCUT2D eigenvalue weighted by Crippen LogP contribution is -2.45. The van der Waals surface area contributed by atoms with Crippen molar-refractivity contribution in [1.82, 2.24) is 14.9 Å². The summed E-state index contributed by atoms with van der Waals surface area (Å²) in [4.78, 5) is 33.3. The summed E-state index contributed by atoms with van der Waals surface area (Å²) in [6, 6.07) is 6.91. The fraction of sp³-hybridized carbons (Fsp3) is 0.286. The molecule has 3 amide bonds. The van der Waals surface area contributed by atoms with Crippen LogP contribution in [0, 0.1) is 0 Å². The number of pyridine rings is 1. The summed E-state index contributed by atoms with van der Waals surface area (Å²) in [7, 11) is 8.22. The maximum absolute atomic E-state index is 13.3. The van der Waals surface area contributed by atoms with Gasteiger partial charge in [-0.05, 0) is 6.07 Å². The van der Waals surface area contributed by atoms with E-state index in [9.17, 15) is 9.59 Å². The Morgan fingerprint density at radius 3 is 2.37 bits per heavy atom. The largest absolute Gasteiger partial charge is 0.497 e. The topological polar surface area (TPSA) is 88.9 Å². The maximum Gasteiger partial charge on any atom is 0.329 e. The Labute approximate surface area is 173 Å². The van der Waals surface area contributed by atoms with E-state index in [4.69, 9.17) is 9.47 Å². The number of rotatable bonds is 4. The van der Waals surface area contributed by atoms with E-state index in [1.54, 1.807) is 80.2 Å². The summed E-state index contributed by atoms with van der Waals surface area (Å²) in [5, 5.41) is 3.39. The van der Waals surface area contributed by atoms with Crippen molar-refractivity contribution in [3.8, 4) is 11.5 Å². The zero-order chi connectivity index (χ0) is 21.6. The van der Waals surface area contributed by atoms with Crippen molar-refractivity contribution < 1.29 is 19.1 Å². The molecule has 0 atom stereocenters. The van der Waals surface area contributed by atoms with E-state index in [0.29, 0.717) is 35.1 Å². The molecule has 1 aromatic carbocycles. The van der Waals surface area contributed by atoms with Crippen LogP contribution in [0.25, 0.3) is 11.0 Å². The molecule has 156 valence electrons. The number of methoxy groups -OCH3 is 2. The van der Waals surface area contributed by atoms with Crippen molar-refractivity contribution in [2.24, 2.45) is 7.05 Å². The molecular weight excluding hydrogens is 386 g/mol. The van der Waals surface area contributed by atoms with Gasteiger partial charge in [-0.3, -0.25) is 14.6 Å². The lowest BCUT2D eigenvalue weighted by Gasteiger charge is -2.35. The molecular formula is C21H23N5O4. The van der Waals surface area contributed by atoms with E-state index >= 15 is 0 Å². The first-order valence-electron chi connectivity index (χ1n) is 9.37. The van der Waals surface area contributed by atoms with E-state index in [2.05, 4.69) is 10.3 Å². The van der Waals surface area contributed by atoms with Crippen LogP contribution in [0.15, 0.2) is 30.5 Å². The molecule has 30 heavy (non-hydrogen) atoms. The number of hydrogen-bond acceptors (Lipinski definition) is 5. The van der Waals surface area contributed by atoms with Crippen LogP contribution in [0.4, 0.5) is 16.2 Å². The molecule has 0 fully saturated rings. The fourth-order valence-corrected chi connectivity index (χ4v) is 3.82. The average Bonchev–Trinajstić information content (AvgIpc) is 3.11. The Balaban J connectivity index is 1.83. The number of nitrogens with zero attached hydrogens (tertiary/aromatic N) is 4. The number of aryl methyl sites for hydroxylation is 1. The number of anilines is 2. The highest BCUT2D eigenvalue weighted by Crippen LogP contribution is 2.38. The third-order valence-corrected chi connectivity index (χ3v) is 5.39. The van der Waals surface area contributed by atoms with E-state index < -0.39 is 0 Å². The summed E-state index contributed by atoms with van der Waals surface area (Å²) in [5.74, 6) is 0.981. The van der Waals surface area contributed by atoms with E-state index in [-0.39, 0.29) is 11.9 Å². The highest BCUT2D eigenvalue weighted by Gasteiger charge is 2.32. The number of carbonyl (C=O) groups excluding carboxylic acids is 2. The first-order valence-corrected chi connectivity index (χ1v) is 9.37. The Morgan fingerprint density at radius 1 is 1.10 bits per heavy atom. The first-order chi connectivity index (χ1) is 14.4.